The third-order valence-corrected chi connectivity index (χ3v) is 6.46. The van der Waals surface area contributed by atoms with Crippen LogP contribution in [0, 0.1) is 11.3 Å². The van der Waals surface area contributed by atoms with Gasteiger partial charge in [-0.15, -0.1) is 0 Å². The first-order chi connectivity index (χ1) is 16.2. The van der Waals surface area contributed by atoms with Crippen LogP contribution in [0.15, 0.2) is 69.1 Å². The SMILES string of the molecule is CN(C(=O)c1ccc(S(=O)(=O)NCCC#N)cc1)c1c(N)n(Cc2ccccc2)c(=O)[nH]c1=O. The van der Waals surface area contributed by atoms with Gasteiger partial charge in [-0.3, -0.25) is 19.1 Å². The van der Waals surface area contributed by atoms with E-state index in [-0.39, 0.29) is 41.5 Å². The quantitative estimate of drug-likeness (QED) is 0.395. The second kappa shape index (κ2) is 10.2. The minimum atomic E-state index is -3.84. The van der Waals surface area contributed by atoms with Crippen molar-refractivity contribution in [3.05, 3.63) is 86.6 Å². The molecule has 1 aromatic heterocycles. The zero-order chi connectivity index (χ0) is 24.9. The Balaban J connectivity index is 1.90. The number of sulfonamides is 1. The number of aromatic amines is 1. The summed E-state index contributed by atoms with van der Waals surface area (Å²) in [4.78, 5) is 40.9. The minimum Gasteiger partial charge on any atom is -0.383 e. The van der Waals surface area contributed by atoms with Crippen LogP contribution in [-0.2, 0) is 16.6 Å². The van der Waals surface area contributed by atoms with E-state index in [4.69, 9.17) is 11.0 Å². The second-order valence-electron chi connectivity index (χ2n) is 7.26. The highest BCUT2D eigenvalue weighted by Gasteiger charge is 2.23. The Morgan fingerprint density at radius 3 is 2.41 bits per heavy atom. The Hall–Kier alpha value is -4.21. The molecule has 0 saturated heterocycles. The van der Waals surface area contributed by atoms with Gasteiger partial charge in [0.25, 0.3) is 11.5 Å². The number of amides is 1. The molecule has 0 radical (unpaired) electrons. The van der Waals surface area contributed by atoms with Crippen molar-refractivity contribution in [2.45, 2.75) is 17.9 Å². The molecule has 3 aromatic rings. The van der Waals surface area contributed by atoms with E-state index in [0.717, 1.165) is 15.0 Å². The Labute approximate surface area is 195 Å². The molecule has 2 aromatic carbocycles. The number of nitrogens with two attached hydrogens (primary N) is 1. The van der Waals surface area contributed by atoms with Gasteiger partial charge < -0.3 is 10.6 Å². The van der Waals surface area contributed by atoms with Crippen LogP contribution in [0.2, 0.25) is 0 Å². The molecule has 0 saturated carbocycles. The lowest BCUT2D eigenvalue weighted by Crippen LogP contribution is -2.39. The van der Waals surface area contributed by atoms with Crippen LogP contribution in [0.1, 0.15) is 22.3 Å². The molecule has 0 fully saturated rings. The topological polar surface area (TPSA) is 171 Å². The van der Waals surface area contributed by atoms with Gasteiger partial charge in [0.1, 0.15) is 5.82 Å². The summed E-state index contributed by atoms with van der Waals surface area (Å²) in [5, 5.41) is 8.54. The lowest BCUT2D eigenvalue weighted by atomic mass is 10.2. The fourth-order valence-electron chi connectivity index (χ4n) is 3.22. The number of nitrogens with one attached hydrogen (secondary N) is 2. The maximum absolute atomic E-state index is 13.0. The highest BCUT2D eigenvalue weighted by atomic mass is 32.2. The Bertz CT molecular complexity index is 1450. The number of nitrogen functional groups attached to an aromatic ring is 1. The molecule has 0 bridgehead atoms. The summed E-state index contributed by atoms with van der Waals surface area (Å²) in [7, 11) is -2.51. The van der Waals surface area contributed by atoms with Crippen LogP contribution < -0.4 is 26.6 Å². The third-order valence-electron chi connectivity index (χ3n) is 4.98. The molecule has 4 N–H and O–H groups in total. The first-order valence-corrected chi connectivity index (χ1v) is 11.5. The molecule has 0 spiro atoms. The maximum atomic E-state index is 13.0. The molecule has 34 heavy (non-hydrogen) atoms. The van der Waals surface area contributed by atoms with Gasteiger partial charge in [-0.05, 0) is 29.8 Å². The van der Waals surface area contributed by atoms with E-state index in [1.165, 1.54) is 31.3 Å². The van der Waals surface area contributed by atoms with E-state index in [1.807, 2.05) is 12.1 Å². The van der Waals surface area contributed by atoms with Gasteiger partial charge in [-0.2, -0.15) is 5.26 Å². The highest BCUT2D eigenvalue weighted by Crippen LogP contribution is 2.19. The number of nitriles is 1. The van der Waals surface area contributed by atoms with Crippen molar-refractivity contribution in [2.24, 2.45) is 0 Å². The lowest BCUT2D eigenvalue weighted by molar-refractivity contribution is 0.0992. The molecule has 0 unspecified atom stereocenters. The number of anilines is 2. The van der Waals surface area contributed by atoms with Crippen molar-refractivity contribution >= 4 is 27.4 Å². The van der Waals surface area contributed by atoms with Gasteiger partial charge in [0, 0.05) is 25.6 Å². The average Bonchev–Trinajstić information content (AvgIpc) is 2.82. The van der Waals surface area contributed by atoms with Gasteiger partial charge in [0.2, 0.25) is 10.0 Å². The zero-order valence-electron chi connectivity index (χ0n) is 18.2. The van der Waals surface area contributed by atoms with Crippen LogP contribution in [-0.4, -0.2) is 37.5 Å². The summed E-state index contributed by atoms with van der Waals surface area (Å²) in [5.74, 6) is -0.821. The largest absolute Gasteiger partial charge is 0.383 e. The Morgan fingerprint density at radius 1 is 1.15 bits per heavy atom. The molecule has 12 heteroatoms. The summed E-state index contributed by atoms with van der Waals surface area (Å²) < 4.78 is 27.9. The summed E-state index contributed by atoms with van der Waals surface area (Å²) in [6.07, 6.45) is 0.0169. The van der Waals surface area contributed by atoms with E-state index in [1.54, 1.807) is 24.3 Å². The zero-order valence-corrected chi connectivity index (χ0v) is 19.0. The summed E-state index contributed by atoms with van der Waals surface area (Å²) in [5.41, 5.74) is 5.23. The minimum absolute atomic E-state index is 0.0169. The Morgan fingerprint density at radius 2 is 1.79 bits per heavy atom. The number of hydrogen-bond acceptors (Lipinski definition) is 7. The molecule has 11 nitrogen and oxygen atoms in total. The predicted octanol–water partition coefficient (Wildman–Crippen LogP) is 0.636. The molecule has 0 aliphatic carbocycles. The van der Waals surface area contributed by atoms with Gasteiger partial charge in [-0.25, -0.2) is 17.9 Å². The van der Waals surface area contributed by atoms with Gasteiger partial charge in [0.05, 0.1) is 17.5 Å². The number of carbonyl (C=O) groups excluding carboxylic acids is 1. The molecule has 1 heterocycles. The molecular formula is C22H22N6O5S. The average molecular weight is 483 g/mol. The summed E-state index contributed by atoms with van der Waals surface area (Å²) in [6.45, 7) is 0.0473. The number of rotatable bonds is 8. The number of aromatic nitrogens is 2. The van der Waals surface area contributed by atoms with E-state index in [9.17, 15) is 22.8 Å². The Kier molecular flexibility index (Phi) is 7.30. The van der Waals surface area contributed by atoms with Crippen molar-refractivity contribution in [1.82, 2.24) is 14.3 Å². The van der Waals surface area contributed by atoms with Crippen LogP contribution in [0.3, 0.4) is 0 Å². The van der Waals surface area contributed by atoms with Crippen molar-refractivity contribution < 1.29 is 13.2 Å². The molecule has 176 valence electrons. The molecule has 0 aliphatic heterocycles. The normalized spacial score (nSPS) is 11.1. The molecule has 0 atom stereocenters. The van der Waals surface area contributed by atoms with Crippen molar-refractivity contribution in [3.63, 3.8) is 0 Å². The van der Waals surface area contributed by atoms with E-state index >= 15 is 0 Å². The smallest absolute Gasteiger partial charge is 0.330 e. The lowest BCUT2D eigenvalue weighted by Gasteiger charge is -2.20. The van der Waals surface area contributed by atoms with E-state index in [0.29, 0.717) is 0 Å². The van der Waals surface area contributed by atoms with Crippen molar-refractivity contribution in [2.75, 3.05) is 24.2 Å². The third kappa shape index (κ3) is 5.22. The predicted molar refractivity (Wildman–Crippen MR) is 126 cm³/mol. The van der Waals surface area contributed by atoms with E-state index in [2.05, 4.69) is 9.71 Å². The molecule has 0 aliphatic rings. The number of H-pyrrole nitrogens is 1. The fourth-order valence-corrected chi connectivity index (χ4v) is 4.25. The number of hydrogen-bond donors (Lipinski definition) is 3. The van der Waals surface area contributed by atoms with Crippen molar-refractivity contribution in [1.29, 1.82) is 5.26 Å². The summed E-state index contributed by atoms with van der Waals surface area (Å²) >= 11 is 0. The van der Waals surface area contributed by atoms with E-state index < -0.39 is 27.2 Å². The van der Waals surface area contributed by atoms with Crippen LogP contribution >= 0.6 is 0 Å². The van der Waals surface area contributed by atoms with Gasteiger partial charge >= 0.3 is 5.69 Å². The second-order valence-corrected chi connectivity index (χ2v) is 9.03. The van der Waals surface area contributed by atoms with Crippen molar-refractivity contribution in [3.8, 4) is 6.07 Å². The molecule has 3 rings (SSSR count). The number of carbonyl (C=O) groups is 1. The summed E-state index contributed by atoms with van der Waals surface area (Å²) in [6, 6.07) is 15.9. The fraction of sp³-hybridized carbons (Fsp3) is 0.182. The maximum Gasteiger partial charge on any atom is 0.330 e. The van der Waals surface area contributed by atoms with Gasteiger partial charge in [-0.1, -0.05) is 30.3 Å². The molecular weight excluding hydrogens is 460 g/mol. The number of benzene rings is 2. The monoisotopic (exact) mass is 482 g/mol. The highest BCUT2D eigenvalue weighted by molar-refractivity contribution is 7.89. The first kappa shape index (κ1) is 24.4. The number of nitrogens with zero attached hydrogens (tertiary/aromatic N) is 3. The first-order valence-electron chi connectivity index (χ1n) is 10.1. The standard InChI is InChI=1S/C22H22N6O5S/c1-27(21(30)16-8-10-17(11-9-16)34(32,33)25-13-5-12-23)18-19(24)28(22(31)26-20(18)29)14-15-6-3-2-4-7-15/h2-4,6-11,25H,5,13-14,24H2,1H3,(H,26,29,31). The molecule has 1 amide bonds. The van der Waals surface area contributed by atoms with Gasteiger partial charge in [0.15, 0.2) is 5.69 Å². The van der Waals surface area contributed by atoms with Crippen LogP contribution in [0.25, 0.3) is 0 Å². The van der Waals surface area contributed by atoms with Crippen LogP contribution in [0.5, 0.6) is 0 Å². The van der Waals surface area contributed by atoms with Crippen LogP contribution in [0.4, 0.5) is 11.5 Å².